The summed E-state index contributed by atoms with van der Waals surface area (Å²) in [6, 6.07) is 12.4. The largest absolute Gasteiger partial charge is 0.493 e. The highest BCUT2D eigenvalue weighted by molar-refractivity contribution is 5.94. The number of carbonyl (C=O) groups is 1. The molecule has 2 rings (SSSR count). The summed E-state index contributed by atoms with van der Waals surface area (Å²) in [5.74, 6) is 0.897. The smallest absolute Gasteiger partial charge is 0.347 e. The van der Waals surface area contributed by atoms with Crippen LogP contribution in [-0.2, 0) is 6.42 Å². The molecule has 23 heavy (non-hydrogen) atoms. The number of esters is 1. The van der Waals surface area contributed by atoms with Gasteiger partial charge in [-0.05, 0) is 43.2 Å². The highest BCUT2D eigenvalue weighted by Gasteiger charge is 2.16. The number of para-hydroxylation sites is 1. The van der Waals surface area contributed by atoms with Gasteiger partial charge in [0.15, 0.2) is 11.5 Å². The Balaban J connectivity index is 2.25. The molecule has 0 bridgehead atoms. The third kappa shape index (κ3) is 4.13. The normalized spacial score (nSPS) is 10.0. The summed E-state index contributed by atoms with van der Waals surface area (Å²) < 4.78 is 16.2. The molecule has 120 valence electrons. The molecule has 0 radical (unpaired) electrons. The van der Waals surface area contributed by atoms with Crippen molar-refractivity contribution in [2.45, 2.75) is 13.3 Å². The van der Waals surface area contributed by atoms with Gasteiger partial charge in [-0.1, -0.05) is 24.3 Å². The van der Waals surface area contributed by atoms with Crippen molar-refractivity contribution in [3.05, 3.63) is 66.2 Å². The second-order valence-corrected chi connectivity index (χ2v) is 4.80. The molecular formula is C19H20O4. The van der Waals surface area contributed by atoms with Gasteiger partial charge in [-0.15, -0.1) is 6.58 Å². The lowest BCUT2D eigenvalue weighted by Crippen LogP contribution is -2.11. The highest BCUT2D eigenvalue weighted by Crippen LogP contribution is 2.30. The molecule has 0 saturated carbocycles. The molecule has 0 unspecified atom stereocenters. The molecule has 0 saturated heterocycles. The molecule has 2 aromatic carbocycles. The van der Waals surface area contributed by atoms with Crippen LogP contribution in [0.4, 0.5) is 0 Å². The van der Waals surface area contributed by atoms with E-state index in [1.165, 1.54) is 0 Å². The van der Waals surface area contributed by atoms with Gasteiger partial charge in [0, 0.05) is 0 Å². The van der Waals surface area contributed by atoms with Crippen LogP contribution < -0.4 is 14.2 Å². The number of allylic oxidation sites excluding steroid dienone is 1. The van der Waals surface area contributed by atoms with E-state index >= 15 is 0 Å². The number of benzene rings is 2. The number of hydrogen-bond donors (Lipinski definition) is 0. The minimum atomic E-state index is -0.483. The number of carbonyl (C=O) groups excluding carboxylic acids is 1. The fraction of sp³-hybridized carbons (Fsp3) is 0.211. The second kappa shape index (κ2) is 8.03. The van der Waals surface area contributed by atoms with Crippen LogP contribution in [0.1, 0.15) is 22.8 Å². The molecule has 0 fully saturated rings. The van der Waals surface area contributed by atoms with Crippen molar-refractivity contribution in [1.82, 2.24) is 0 Å². The maximum Gasteiger partial charge on any atom is 0.347 e. The average molecular weight is 312 g/mol. The summed E-state index contributed by atoms with van der Waals surface area (Å²) in [5.41, 5.74) is 1.41. The Morgan fingerprint density at radius 1 is 1.13 bits per heavy atom. The average Bonchev–Trinajstić information content (AvgIpc) is 2.57. The molecule has 0 spiro atoms. The molecule has 0 atom stereocenters. The van der Waals surface area contributed by atoms with E-state index in [2.05, 4.69) is 6.58 Å². The molecule has 0 aliphatic rings. The van der Waals surface area contributed by atoms with Crippen LogP contribution in [0.25, 0.3) is 0 Å². The van der Waals surface area contributed by atoms with Crippen molar-refractivity contribution in [2.24, 2.45) is 0 Å². The molecule has 2 aromatic rings. The third-order valence-electron chi connectivity index (χ3n) is 3.22. The van der Waals surface area contributed by atoms with Gasteiger partial charge in [0.05, 0.1) is 13.7 Å². The molecule has 0 heterocycles. The van der Waals surface area contributed by atoms with E-state index in [-0.39, 0.29) is 0 Å². The third-order valence-corrected chi connectivity index (χ3v) is 3.22. The fourth-order valence-electron chi connectivity index (χ4n) is 2.16. The predicted molar refractivity (Wildman–Crippen MR) is 89.5 cm³/mol. The Morgan fingerprint density at radius 3 is 2.61 bits per heavy atom. The van der Waals surface area contributed by atoms with E-state index < -0.39 is 5.97 Å². The summed E-state index contributed by atoms with van der Waals surface area (Å²) in [7, 11) is 1.54. The van der Waals surface area contributed by atoms with Gasteiger partial charge in [0.25, 0.3) is 0 Å². The molecule has 0 N–H and O–H groups in total. The maximum atomic E-state index is 12.4. The van der Waals surface area contributed by atoms with Crippen LogP contribution in [0.2, 0.25) is 0 Å². The maximum absolute atomic E-state index is 12.4. The first-order chi connectivity index (χ1) is 11.2. The molecule has 0 aliphatic heterocycles. The monoisotopic (exact) mass is 312 g/mol. The van der Waals surface area contributed by atoms with Crippen molar-refractivity contribution in [3.8, 4) is 17.2 Å². The SMILES string of the molecule is C=CCc1ccc(OC(=O)c2ccccc2OCC)c(OC)c1. The van der Waals surface area contributed by atoms with Crippen LogP contribution in [0.3, 0.4) is 0 Å². The van der Waals surface area contributed by atoms with E-state index in [1.807, 2.05) is 25.1 Å². The summed E-state index contributed by atoms with van der Waals surface area (Å²) in [6.45, 7) is 6.05. The van der Waals surface area contributed by atoms with E-state index in [1.54, 1.807) is 37.5 Å². The molecule has 0 amide bonds. The van der Waals surface area contributed by atoms with E-state index in [0.29, 0.717) is 29.4 Å². The lowest BCUT2D eigenvalue weighted by Gasteiger charge is -2.12. The van der Waals surface area contributed by atoms with Crippen LogP contribution >= 0.6 is 0 Å². The summed E-state index contributed by atoms with van der Waals surface area (Å²) in [6.07, 6.45) is 2.52. The number of ether oxygens (including phenoxy) is 3. The van der Waals surface area contributed by atoms with Crippen molar-refractivity contribution >= 4 is 5.97 Å². The lowest BCUT2D eigenvalue weighted by atomic mass is 10.1. The van der Waals surface area contributed by atoms with Gasteiger partial charge in [-0.25, -0.2) is 4.79 Å². The zero-order valence-electron chi connectivity index (χ0n) is 13.4. The Hall–Kier alpha value is -2.75. The Bertz CT molecular complexity index is 692. The fourth-order valence-corrected chi connectivity index (χ4v) is 2.16. The zero-order valence-corrected chi connectivity index (χ0v) is 13.4. The quantitative estimate of drug-likeness (QED) is 0.440. The van der Waals surface area contributed by atoms with Gasteiger partial charge in [-0.2, -0.15) is 0 Å². The van der Waals surface area contributed by atoms with Gasteiger partial charge in [0.1, 0.15) is 11.3 Å². The minimum Gasteiger partial charge on any atom is -0.493 e. The number of rotatable bonds is 7. The number of methoxy groups -OCH3 is 1. The van der Waals surface area contributed by atoms with Gasteiger partial charge >= 0.3 is 5.97 Å². The Labute approximate surface area is 136 Å². The van der Waals surface area contributed by atoms with Crippen molar-refractivity contribution in [3.63, 3.8) is 0 Å². The van der Waals surface area contributed by atoms with E-state index in [4.69, 9.17) is 14.2 Å². The van der Waals surface area contributed by atoms with Crippen molar-refractivity contribution in [2.75, 3.05) is 13.7 Å². The van der Waals surface area contributed by atoms with Crippen molar-refractivity contribution in [1.29, 1.82) is 0 Å². The van der Waals surface area contributed by atoms with Crippen LogP contribution in [0, 0.1) is 0 Å². The predicted octanol–water partition coefficient (Wildman–Crippen LogP) is 4.04. The van der Waals surface area contributed by atoms with Gasteiger partial charge in [0.2, 0.25) is 0 Å². The van der Waals surface area contributed by atoms with E-state index in [9.17, 15) is 4.79 Å². The lowest BCUT2D eigenvalue weighted by molar-refractivity contribution is 0.0725. The minimum absolute atomic E-state index is 0.372. The topological polar surface area (TPSA) is 44.8 Å². The summed E-state index contributed by atoms with van der Waals surface area (Å²) >= 11 is 0. The standard InChI is InChI=1S/C19H20O4/c1-4-8-14-11-12-17(18(13-14)21-3)23-19(20)15-9-6-7-10-16(15)22-5-2/h4,6-7,9-13H,1,5,8H2,2-3H3. The van der Waals surface area contributed by atoms with Crippen LogP contribution in [-0.4, -0.2) is 19.7 Å². The molecule has 4 heteroatoms. The molecule has 0 aliphatic carbocycles. The van der Waals surface area contributed by atoms with Gasteiger partial charge < -0.3 is 14.2 Å². The van der Waals surface area contributed by atoms with Crippen LogP contribution in [0.15, 0.2) is 55.1 Å². The van der Waals surface area contributed by atoms with Crippen molar-refractivity contribution < 1.29 is 19.0 Å². The first-order valence-corrected chi connectivity index (χ1v) is 7.41. The first kappa shape index (κ1) is 16.6. The van der Waals surface area contributed by atoms with Crippen LogP contribution in [0.5, 0.6) is 17.2 Å². The zero-order chi connectivity index (χ0) is 16.7. The second-order valence-electron chi connectivity index (χ2n) is 4.80. The Morgan fingerprint density at radius 2 is 1.91 bits per heavy atom. The van der Waals surface area contributed by atoms with E-state index in [0.717, 1.165) is 12.0 Å². The number of hydrogen-bond acceptors (Lipinski definition) is 4. The summed E-state index contributed by atoms with van der Waals surface area (Å²) in [4.78, 5) is 12.4. The first-order valence-electron chi connectivity index (χ1n) is 7.41. The summed E-state index contributed by atoms with van der Waals surface area (Å²) in [5, 5.41) is 0. The molecule has 0 aromatic heterocycles. The Kier molecular flexibility index (Phi) is 5.80. The highest BCUT2D eigenvalue weighted by atomic mass is 16.6. The molecular weight excluding hydrogens is 292 g/mol. The van der Waals surface area contributed by atoms with Gasteiger partial charge in [-0.3, -0.25) is 0 Å². The molecule has 4 nitrogen and oxygen atoms in total.